The zero-order valence-electron chi connectivity index (χ0n) is 13.8. The summed E-state index contributed by atoms with van der Waals surface area (Å²) in [6.45, 7) is 1.13. The molecule has 2 aromatic rings. The fourth-order valence-corrected chi connectivity index (χ4v) is 2.68. The smallest absolute Gasteiger partial charge is 0.229 e. The quantitative estimate of drug-likeness (QED) is 0.622. The van der Waals surface area contributed by atoms with Crippen molar-refractivity contribution in [2.75, 3.05) is 18.5 Å². The van der Waals surface area contributed by atoms with Gasteiger partial charge in [0.05, 0.1) is 12.6 Å². The number of carbonyl (C=O) groups is 1. The van der Waals surface area contributed by atoms with Crippen LogP contribution < -0.4 is 15.5 Å². The van der Waals surface area contributed by atoms with Crippen molar-refractivity contribution >= 4 is 17.6 Å². The molecule has 0 spiro atoms. The second kappa shape index (κ2) is 7.12. The lowest BCUT2D eigenvalue weighted by Crippen LogP contribution is -2.44. The summed E-state index contributed by atoms with van der Waals surface area (Å²) in [5.41, 5.74) is 0.925. The van der Waals surface area contributed by atoms with Gasteiger partial charge in [-0.05, 0) is 12.1 Å². The zero-order chi connectivity index (χ0) is 16.9. The number of amides is 1. The molecular weight excluding hydrogens is 306 g/mol. The van der Waals surface area contributed by atoms with Crippen molar-refractivity contribution in [3.05, 3.63) is 42.5 Å². The third-order valence-electron chi connectivity index (χ3n) is 3.98. The van der Waals surface area contributed by atoms with Crippen molar-refractivity contribution in [1.82, 2.24) is 25.4 Å². The lowest BCUT2D eigenvalue weighted by Gasteiger charge is -2.18. The molecule has 0 radical (unpaired) electrons. The Morgan fingerprint density at radius 3 is 2.83 bits per heavy atom. The number of hydrogen-bond donors (Lipinski definition) is 2. The van der Waals surface area contributed by atoms with E-state index in [2.05, 4.69) is 25.8 Å². The van der Waals surface area contributed by atoms with E-state index in [1.165, 1.54) is 0 Å². The number of anilines is 1. The van der Waals surface area contributed by atoms with E-state index < -0.39 is 0 Å². The number of benzene rings is 1. The van der Waals surface area contributed by atoms with Gasteiger partial charge >= 0.3 is 0 Å². The molecule has 2 N–H and O–H groups in total. The number of nitrogens with one attached hydrogen (secondary N) is 2. The van der Waals surface area contributed by atoms with Crippen LogP contribution in [-0.2, 0) is 18.4 Å². The Balaban J connectivity index is 1.57. The summed E-state index contributed by atoms with van der Waals surface area (Å²) in [4.78, 5) is 18.3. The average molecular weight is 327 g/mol. The summed E-state index contributed by atoms with van der Waals surface area (Å²) in [5, 5.41) is 14.4. The van der Waals surface area contributed by atoms with Crippen LogP contribution in [-0.4, -0.2) is 46.3 Å². The first-order valence-corrected chi connectivity index (χ1v) is 7.83. The molecule has 2 heterocycles. The van der Waals surface area contributed by atoms with Crippen LogP contribution in [0.25, 0.3) is 0 Å². The van der Waals surface area contributed by atoms with Crippen molar-refractivity contribution in [3.63, 3.8) is 0 Å². The fourth-order valence-electron chi connectivity index (χ4n) is 2.68. The highest BCUT2D eigenvalue weighted by atomic mass is 16.2. The lowest BCUT2D eigenvalue weighted by atomic mass is 10.2. The number of para-hydroxylation sites is 1. The summed E-state index contributed by atoms with van der Waals surface area (Å²) in [6, 6.07) is 9.72. The third-order valence-corrected chi connectivity index (χ3v) is 3.98. The predicted molar refractivity (Wildman–Crippen MR) is 91.5 cm³/mol. The molecule has 8 heteroatoms. The van der Waals surface area contributed by atoms with Gasteiger partial charge in [0.1, 0.15) is 6.33 Å². The van der Waals surface area contributed by atoms with Crippen LogP contribution in [0.2, 0.25) is 0 Å². The van der Waals surface area contributed by atoms with Crippen molar-refractivity contribution in [3.8, 4) is 0 Å². The third kappa shape index (κ3) is 3.53. The number of rotatable bonds is 4. The molecule has 1 atom stereocenters. The minimum absolute atomic E-state index is 0.0170. The summed E-state index contributed by atoms with van der Waals surface area (Å²) < 4.78 is 1.84. The van der Waals surface area contributed by atoms with Crippen LogP contribution in [0.4, 0.5) is 5.69 Å². The van der Waals surface area contributed by atoms with E-state index in [0.717, 1.165) is 11.5 Å². The molecule has 0 aliphatic carbocycles. The number of aryl methyl sites for hydroxylation is 1. The van der Waals surface area contributed by atoms with Crippen LogP contribution >= 0.6 is 0 Å². The minimum atomic E-state index is 0.0170. The number of nitrogens with zero attached hydrogens (tertiary/aromatic N) is 5. The number of aromatic nitrogens is 3. The highest BCUT2D eigenvalue weighted by Gasteiger charge is 2.31. The average Bonchev–Trinajstić information content (AvgIpc) is 3.17. The standard InChI is InChI=1S/C16H21N7O/c1-17-16(18-9-14-21-19-11-22(14)2)20-12-8-15(24)23(10-12)13-6-4-3-5-7-13/h3-7,11-12H,8-10H2,1-2H3,(H2,17,18,20). The highest BCUT2D eigenvalue weighted by Crippen LogP contribution is 2.20. The molecule has 1 aliphatic heterocycles. The molecule has 8 nitrogen and oxygen atoms in total. The molecule has 126 valence electrons. The van der Waals surface area contributed by atoms with Crippen molar-refractivity contribution < 1.29 is 4.79 Å². The largest absolute Gasteiger partial charge is 0.351 e. The van der Waals surface area contributed by atoms with Gasteiger partial charge in [-0.2, -0.15) is 0 Å². The van der Waals surface area contributed by atoms with E-state index in [1.807, 2.05) is 41.9 Å². The number of hydrogen-bond acceptors (Lipinski definition) is 4. The second-order valence-corrected chi connectivity index (χ2v) is 5.67. The summed E-state index contributed by atoms with van der Waals surface area (Å²) in [6.07, 6.45) is 2.10. The maximum absolute atomic E-state index is 12.2. The van der Waals surface area contributed by atoms with E-state index in [1.54, 1.807) is 18.3 Å². The molecular formula is C16H21N7O. The van der Waals surface area contributed by atoms with Gasteiger partial charge in [0, 0.05) is 32.7 Å². The molecule has 24 heavy (non-hydrogen) atoms. The van der Waals surface area contributed by atoms with E-state index >= 15 is 0 Å². The van der Waals surface area contributed by atoms with Crippen LogP contribution in [0, 0.1) is 0 Å². The van der Waals surface area contributed by atoms with E-state index in [4.69, 9.17) is 0 Å². The molecule has 1 unspecified atom stereocenters. The Morgan fingerprint density at radius 2 is 2.17 bits per heavy atom. The Bertz CT molecular complexity index is 725. The molecule has 3 rings (SSSR count). The first kappa shape index (κ1) is 16.0. The van der Waals surface area contributed by atoms with Gasteiger partial charge in [0.25, 0.3) is 0 Å². The molecule has 1 saturated heterocycles. The molecule has 1 fully saturated rings. The number of aliphatic imine (C=N–C) groups is 1. The van der Waals surface area contributed by atoms with E-state index in [0.29, 0.717) is 25.5 Å². The first-order valence-electron chi connectivity index (χ1n) is 7.83. The maximum atomic E-state index is 12.2. The highest BCUT2D eigenvalue weighted by molar-refractivity contribution is 5.97. The van der Waals surface area contributed by atoms with Gasteiger partial charge in [0.15, 0.2) is 11.8 Å². The zero-order valence-corrected chi connectivity index (χ0v) is 13.8. The van der Waals surface area contributed by atoms with Crippen molar-refractivity contribution in [2.24, 2.45) is 12.0 Å². The number of guanidine groups is 1. The minimum Gasteiger partial charge on any atom is -0.351 e. The Kier molecular flexibility index (Phi) is 4.74. The van der Waals surface area contributed by atoms with E-state index in [9.17, 15) is 4.79 Å². The van der Waals surface area contributed by atoms with Gasteiger partial charge in [-0.15, -0.1) is 10.2 Å². The van der Waals surface area contributed by atoms with Crippen LogP contribution in [0.1, 0.15) is 12.2 Å². The summed E-state index contributed by atoms with van der Waals surface area (Å²) >= 11 is 0. The lowest BCUT2D eigenvalue weighted by molar-refractivity contribution is -0.117. The second-order valence-electron chi connectivity index (χ2n) is 5.67. The van der Waals surface area contributed by atoms with Gasteiger partial charge < -0.3 is 20.1 Å². The number of carbonyl (C=O) groups excluding carboxylic acids is 1. The Morgan fingerprint density at radius 1 is 1.38 bits per heavy atom. The molecule has 1 aliphatic rings. The summed E-state index contributed by atoms with van der Waals surface area (Å²) in [7, 11) is 3.60. The first-order chi connectivity index (χ1) is 11.7. The van der Waals surface area contributed by atoms with Crippen molar-refractivity contribution in [2.45, 2.75) is 19.0 Å². The topological polar surface area (TPSA) is 87.4 Å². The van der Waals surface area contributed by atoms with Gasteiger partial charge in [0.2, 0.25) is 5.91 Å². The molecule has 1 aromatic carbocycles. The van der Waals surface area contributed by atoms with Crippen LogP contribution in [0.5, 0.6) is 0 Å². The van der Waals surface area contributed by atoms with E-state index in [-0.39, 0.29) is 11.9 Å². The van der Waals surface area contributed by atoms with Gasteiger partial charge in [-0.25, -0.2) is 0 Å². The SMILES string of the molecule is CN=C(NCc1nncn1C)NC1CC(=O)N(c2ccccc2)C1. The fraction of sp³-hybridized carbons (Fsp3) is 0.375. The predicted octanol–water partition coefficient (Wildman–Crippen LogP) is 0.286. The maximum Gasteiger partial charge on any atom is 0.229 e. The summed E-state index contributed by atoms with van der Waals surface area (Å²) in [5.74, 6) is 1.57. The van der Waals surface area contributed by atoms with Gasteiger partial charge in [-0.1, -0.05) is 18.2 Å². The molecule has 1 amide bonds. The van der Waals surface area contributed by atoms with Crippen molar-refractivity contribution in [1.29, 1.82) is 0 Å². The molecule has 0 bridgehead atoms. The molecule has 1 aromatic heterocycles. The molecule has 0 saturated carbocycles. The van der Waals surface area contributed by atoms with Crippen LogP contribution in [0.3, 0.4) is 0 Å². The Hall–Kier alpha value is -2.90. The Labute approximate surface area is 140 Å². The normalized spacial score (nSPS) is 18.1. The van der Waals surface area contributed by atoms with Gasteiger partial charge in [-0.3, -0.25) is 9.79 Å². The van der Waals surface area contributed by atoms with Crippen LogP contribution in [0.15, 0.2) is 41.7 Å². The monoisotopic (exact) mass is 327 g/mol.